The molecule has 2 fully saturated rings. The van der Waals surface area contributed by atoms with E-state index in [4.69, 9.17) is 4.98 Å². The van der Waals surface area contributed by atoms with Crippen molar-refractivity contribution in [1.82, 2.24) is 14.9 Å². The third kappa shape index (κ3) is 3.13. The number of carbonyl (C=O) groups is 2. The Morgan fingerprint density at radius 2 is 1.64 bits per heavy atom. The van der Waals surface area contributed by atoms with Gasteiger partial charge in [-0.15, -0.1) is 0 Å². The van der Waals surface area contributed by atoms with Crippen LogP contribution in [0.4, 0.5) is 5.69 Å². The van der Waals surface area contributed by atoms with Crippen molar-refractivity contribution in [2.24, 2.45) is 17.8 Å². The largest absolute Gasteiger partial charge is 0.297 e. The molecule has 4 heterocycles. The lowest BCUT2D eigenvalue weighted by atomic mass is 9.75. The number of nitrogens with one attached hydrogen (secondary N) is 1. The van der Waals surface area contributed by atoms with E-state index in [9.17, 15) is 14.4 Å². The molecule has 0 aliphatic carbocycles. The molecule has 2 amide bonds. The van der Waals surface area contributed by atoms with Crippen LogP contribution in [0.3, 0.4) is 0 Å². The van der Waals surface area contributed by atoms with E-state index in [-0.39, 0.29) is 23.4 Å². The summed E-state index contributed by atoms with van der Waals surface area (Å²) in [7, 11) is 0. The first-order chi connectivity index (χ1) is 18.9. The molecule has 7 nitrogen and oxygen atoms in total. The third-order valence-electron chi connectivity index (χ3n) is 8.69. The Hall–Kier alpha value is -4.10. The molecule has 39 heavy (non-hydrogen) atoms. The highest BCUT2D eigenvalue weighted by Crippen LogP contribution is 2.56. The number of anilines is 1. The topological polar surface area (TPSA) is 84.3 Å². The Morgan fingerprint density at radius 3 is 2.38 bits per heavy atom. The summed E-state index contributed by atoms with van der Waals surface area (Å²) in [5, 5.41) is 4.29. The zero-order chi connectivity index (χ0) is 27.1. The van der Waals surface area contributed by atoms with Crippen LogP contribution in [-0.2, 0) is 21.5 Å². The number of rotatable bonds is 4. The fraction of sp³-hybridized carbons (Fsp3) is 0.312. The highest BCUT2D eigenvalue weighted by atomic mass is 16.2. The number of nitrogens with zero attached hydrogens (tertiary/aromatic N) is 3. The number of aryl methyl sites for hydroxylation is 1. The lowest BCUT2D eigenvalue weighted by Gasteiger charge is -2.32. The van der Waals surface area contributed by atoms with Crippen molar-refractivity contribution in [3.05, 3.63) is 100 Å². The molecular weight excluding hydrogens is 488 g/mol. The number of hydrogen-bond acceptors (Lipinski definition) is 5. The fourth-order valence-corrected chi connectivity index (χ4v) is 7.06. The van der Waals surface area contributed by atoms with Crippen LogP contribution in [0.1, 0.15) is 44.1 Å². The van der Waals surface area contributed by atoms with E-state index in [0.29, 0.717) is 40.4 Å². The van der Waals surface area contributed by atoms with Gasteiger partial charge in [-0.2, -0.15) is 0 Å². The summed E-state index contributed by atoms with van der Waals surface area (Å²) in [5.74, 6) is -0.973. The number of benzene rings is 3. The van der Waals surface area contributed by atoms with Gasteiger partial charge < -0.3 is 0 Å². The second kappa shape index (κ2) is 8.45. The van der Waals surface area contributed by atoms with E-state index in [1.54, 1.807) is 10.6 Å². The number of aromatic nitrogens is 2. The number of amides is 2. The zero-order valence-electron chi connectivity index (χ0n) is 22.2. The van der Waals surface area contributed by atoms with Crippen molar-refractivity contribution in [1.29, 1.82) is 0 Å². The number of hydrogen-bond donors (Lipinski definition) is 1. The molecule has 1 aromatic heterocycles. The lowest BCUT2D eigenvalue weighted by molar-refractivity contribution is -0.123. The second-order valence-corrected chi connectivity index (χ2v) is 11.3. The maximum atomic E-state index is 14.5. The SMILES string of the molecule is CCc1ccc(N2C(=O)[C@H]3[C@H](CC(C)C)N[C@@]4(c5ccccc5-n5c4nc4ccccc4c5=O)[C@H]3C2=O)cc1. The Bertz CT molecular complexity index is 1720. The summed E-state index contributed by atoms with van der Waals surface area (Å²) in [5.41, 5.74) is 2.56. The summed E-state index contributed by atoms with van der Waals surface area (Å²) in [6.07, 6.45) is 1.59. The van der Waals surface area contributed by atoms with Crippen LogP contribution in [0.15, 0.2) is 77.6 Å². The predicted octanol–water partition coefficient (Wildman–Crippen LogP) is 4.33. The van der Waals surface area contributed by atoms with E-state index in [1.165, 1.54) is 4.90 Å². The smallest absolute Gasteiger partial charge is 0.266 e. The van der Waals surface area contributed by atoms with Crippen molar-refractivity contribution in [3.8, 4) is 5.69 Å². The van der Waals surface area contributed by atoms with Crippen LogP contribution in [0.2, 0.25) is 0 Å². The lowest BCUT2D eigenvalue weighted by Crippen LogP contribution is -2.50. The van der Waals surface area contributed by atoms with Gasteiger partial charge in [-0.25, -0.2) is 9.88 Å². The van der Waals surface area contributed by atoms with Gasteiger partial charge in [0.2, 0.25) is 11.8 Å². The second-order valence-electron chi connectivity index (χ2n) is 11.3. The maximum Gasteiger partial charge on any atom is 0.266 e. The van der Waals surface area contributed by atoms with Gasteiger partial charge >= 0.3 is 0 Å². The highest BCUT2D eigenvalue weighted by molar-refractivity contribution is 6.23. The van der Waals surface area contributed by atoms with Crippen LogP contribution < -0.4 is 15.8 Å². The summed E-state index contributed by atoms with van der Waals surface area (Å²) < 4.78 is 1.65. The van der Waals surface area contributed by atoms with E-state index < -0.39 is 17.4 Å². The van der Waals surface area contributed by atoms with Crippen molar-refractivity contribution in [2.75, 3.05) is 4.90 Å². The van der Waals surface area contributed by atoms with Crippen molar-refractivity contribution >= 4 is 28.4 Å². The quantitative estimate of drug-likeness (QED) is 0.407. The monoisotopic (exact) mass is 518 g/mol. The number of para-hydroxylation sites is 2. The molecule has 0 unspecified atom stereocenters. The molecule has 7 rings (SSSR count). The summed E-state index contributed by atoms with van der Waals surface area (Å²) in [4.78, 5) is 48.9. The predicted molar refractivity (Wildman–Crippen MR) is 150 cm³/mol. The molecule has 3 aliphatic rings. The van der Waals surface area contributed by atoms with Crippen LogP contribution in [0.5, 0.6) is 0 Å². The van der Waals surface area contributed by atoms with Gasteiger partial charge in [0.05, 0.1) is 34.1 Å². The minimum Gasteiger partial charge on any atom is -0.297 e. The van der Waals surface area contributed by atoms with Crippen LogP contribution >= 0.6 is 0 Å². The average Bonchev–Trinajstić information content (AvgIpc) is 3.51. The van der Waals surface area contributed by atoms with Crippen molar-refractivity contribution < 1.29 is 9.59 Å². The van der Waals surface area contributed by atoms with E-state index in [0.717, 1.165) is 17.5 Å². The minimum absolute atomic E-state index is 0.172. The maximum absolute atomic E-state index is 14.5. The van der Waals surface area contributed by atoms with Gasteiger partial charge in [0.1, 0.15) is 11.4 Å². The standard InChI is InChI=1S/C32H30N4O3/c1-4-19-13-15-20(16-14-19)35-29(38)26-24(17-18(2)3)34-32(27(26)30(35)39)22-10-6-8-12-25(22)36-28(37)21-9-5-7-11-23(21)33-31(32)36/h5-16,18,24,26-27,34H,4,17H2,1-3H3/t24-,26-,27+,32-/m0/s1. The molecule has 7 heteroatoms. The number of imide groups is 1. The molecule has 3 aromatic carbocycles. The third-order valence-corrected chi connectivity index (χ3v) is 8.69. The Labute approximate surface area is 226 Å². The summed E-state index contributed by atoms with van der Waals surface area (Å²) >= 11 is 0. The average molecular weight is 519 g/mol. The molecule has 2 saturated heterocycles. The first-order valence-corrected chi connectivity index (χ1v) is 13.7. The van der Waals surface area contributed by atoms with Gasteiger partial charge in [-0.1, -0.05) is 63.2 Å². The molecular formula is C32H30N4O3. The van der Waals surface area contributed by atoms with Crippen molar-refractivity contribution in [3.63, 3.8) is 0 Å². The van der Waals surface area contributed by atoms with Crippen LogP contribution in [0, 0.1) is 17.8 Å². The Morgan fingerprint density at radius 1 is 0.923 bits per heavy atom. The molecule has 0 bridgehead atoms. The molecule has 1 N–H and O–H groups in total. The van der Waals surface area contributed by atoms with E-state index >= 15 is 0 Å². The minimum atomic E-state index is -1.10. The van der Waals surface area contributed by atoms with Gasteiger partial charge in [-0.05, 0) is 54.7 Å². The van der Waals surface area contributed by atoms with E-state index in [1.807, 2.05) is 66.7 Å². The highest BCUT2D eigenvalue weighted by Gasteiger charge is 2.69. The van der Waals surface area contributed by atoms with Crippen LogP contribution in [-0.4, -0.2) is 27.4 Å². The van der Waals surface area contributed by atoms with Crippen LogP contribution in [0.25, 0.3) is 16.6 Å². The van der Waals surface area contributed by atoms with E-state index in [2.05, 4.69) is 26.1 Å². The molecule has 1 spiro atoms. The normalized spacial score (nSPS) is 25.1. The summed E-state index contributed by atoms with van der Waals surface area (Å²) in [6.45, 7) is 6.32. The first kappa shape index (κ1) is 24.0. The molecule has 0 radical (unpaired) electrons. The molecule has 3 aliphatic heterocycles. The molecule has 4 aromatic rings. The number of carbonyl (C=O) groups excluding carboxylic acids is 2. The van der Waals surface area contributed by atoms with Gasteiger partial charge in [0.25, 0.3) is 5.56 Å². The molecule has 0 saturated carbocycles. The Kier molecular flexibility index (Phi) is 5.19. The molecule has 196 valence electrons. The number of fused-ring (bicyclic) bond motifs is 8. The zero-order valence-corrected chi connectivity index (χ0v) is 22.2. The summed E-state index contributed by atoms with van der Waals surface area (Å²) in [6, 6.07) is 22.4. The van der Waals surface area contributed by atoms with Gasteiger partial charge in [0, 0.05) is 11.6 Å². The fourth-order valence-electron chi connectivity index (χ4n) is 7.06. The van der Waals surface area contributed by atoms with Gasteiger partial charge in [0.15, 0.2) is 0 Å². The molecule has 4 atom stereocenters. The Balaban J connectivity index is 1.49. The van der Waals surface area contributed by atoms with Crippen molar-refractivity contribution in [2.45, 2.75) is 45.2 Å². The first-order valence-electron chi connectivity index (χ1n) is 13.7. The van der Waals surface area contributed by atoms with Gasteiger partial charge in [-0.3, -0.25) is 24.3 Å².